The zero-order valence-corrected chi connectivity index (χ0v) is 18.7. The summed E-state index contributed by atoms with van der Waals surface area (Å²) in [4.78, 5) is 48.1. The van der Waals surface area contributed by atoms with Gasteiger partial charge in [0.1, 0.15) is 18.0 Å². The molecule has 0 saturated carbocycles. The van der Waals surface area contributed by atoms with Gasteiger partial charge in [-0.25, -0.2) is 0 Å². The van der Waals surface area contributed by atoms with Crippen molar-refractivity contribution in [3.63, 3.8) is 0 Å². The van der Waals surface area contributed by atoms with Crippen LogP contribution < -0.4 is 20.1 Å². The topological polar surface area (TPSA) is 120 Å². The highest BCUT2D eigenvalue weighted by Gasteiger charge is 2.17. The number of esters is 1. The summed E-state index contributed by atoms with van der Waals surface area (Å²) in [6.45, 7) is -1.44. The average Bonchev–Trinajstić information content (AvgIpc) is 2.79. The summed E-state index contributed by atoms with van der Waals surface area (Å²) >= 11 is 11.7. The predicted molar refractivity (Wildman–Crippen MR) is 117 cm³/mol. The molecule has 2 aromatic carbocycles. The molecule has 2 aromatic rings. The van der Waals surface area contributed by atoms with Crippen LogP contribution in [0.4, 0.5) is 0 Å². The summed E-state index contributed by atoms with van der Waals surface area (Å²) in [6.07, 6.45) is 0. The van der Waals surface area contributed by atoms with E-state index in [2.05, 4.69) is 10.6 Å². The maximum atomic E-state index is 12.3. The highest BCUT2D eigenvalue weighted by atomic mass is 35.5. The SMILES string of the molecule is COc1ccc(OC)c(C(=O)COC(=O)CNC(=O)CNC(=O)c2ccc(Cl)cc2Cl)c1. The number of hydrogen-bond donors (Lipinski definition) is 2. The van der Waals surface area contributed by atoms with Gasteiger partial charge in [0.25, 0.3) is 5.91 Å². The van der Waals surface area contributed by atoms with E-state index >= 15 is 0 Å². The lowest BCUT2D eigenvalue weighted by atomic mass is 10.1. The van der Waals surface area contributed by atoms with Gasteiger partial charge in [-0.05, 0) is 36.4 Å². The van der Waals surface area contributed by atoms with Gasteiger partial charge in [0.05, 0.1) is 36.9 Å². The van der Waals surface area contributed by atoms with Gasteiger partial charge in [-0.2, -0.15) is 0 Å². The van der Waals surface area contributed by atoms with Crippen LogP contribution >= 0.6 is 23.2 Å². The lowest BCUT2D eigenvalue weighted by Crippen LogP contribution is -2.39. The van der Waals surface area contributed by atoms with Crippen molar-refractivity contribution in [3.05, 3.63) is 57.6 Å². The maximum absolute atomic E-state index is 12.3. The Bertz CT molecular complexity index is 1030. The summed E-state index contributed by atoms with van der Waals surface area (Å²) in [7, 11) is 2.85. The molecule has 0 bridgehead atoms. The van der Waals surface area contributed by atoms with Crippen LogP contribution in [0, 0.1) is 0 Å². The second-order valence-corrected chi connectivity index (χ2v) is 7.08. The average molecular weight is 483 g/mol. The number of Topliss-reactive ketones (excluding diaryl/α,β-unsaturated/α-hetero) is 1. The van der Waals surface area contributed by atoms with Crippen LogP contribution in [0.2, 0.25) is 10.0 Å². The molecule has 2 rings (SSSR count). The fourth-order valence-electron chi connectivity index (χ4n) is 2.47. The molecule has 0 atom stereocenters. The normalized spacial score (nSPS) is 10.1. The molecule has 0 aromatic heterocycles. The molecule has 0 aliphatic carbocycles. The first-order valence-corrected chi connectivity index (χ1v) is 9.91. The summed E-state index contributed by atoms with van der Waals surface area (Å²) in [5.74, 6) is -1.82. The molecular formula is C21H20Cl2N2O7. The van der Waals surface area contributed by atoms with E-state index in [1.807, 2.05) is 0 Å². The van der Waals surface area contributed by atoms with Crippen molar-refractivity contribution in [1.82, 2.24) is 10.6 Å². The summed E-state index contributed by atoms with van der Waals surface area (Å²) in [6, 6.07) is 8.95. The Hall–Kier alpha value is -3.30. The zero-order valence-electron chi connectivity index (χ0n) is 17.2. The first kappa shape index (κ1) is 25.0. The third-order valence-corrected chi connectivity index (χ3v) is 4.63. The molecule has 0 fully saturated rings. The molecule has 2 N–H and O–H groups in total. The van der Waals surface area contributed by atoms with Gasteiger partial charge in [0, 0.05) is 5.02 Å². The van der Waals surface area contributed by atoms with Crippen LogP contribution in [-0.4, -0.2) is 57.5 Å². The molecule has 0 radical (unpaired) electrons. The Morgan fingerprint density at radius 2 is 1.62 bits per heavy atom. The minimum Gasteiger partial charge on any atom is -0.497 e. The summed E-state index contributed by atoms with van der Waals surface area (Å²) < 4.78 is 15.1. The Kier molecular flexibility index (Phi) is 9.30. The smallest absolute Gasteiger partial charge is 0.325 e. The van der Waals surface area contributed by atoms with Gasteiger partial charge >= 0.3 is 5.97 Å². The van der Waals surface area contributed by atoms with Crippen molar-refractivity contribution in [2.45, 2.75) is 0 Å². The largest absolute Gasteiger partial charge is 0.497 e. The van der Waals surface area contributed by atoms with Crippen LogP contribution in [0.5, 0.6) is 11.5 Å². The number of carbonyl (C=O) groups is 4. The quantitative estimate of drug-likeness (QED) is 0.393. The van der Waals surface area contributed by atoms with Crippen molar-refractivity contribution in [1.29, 1.82) is 0 Å². The number of ketones is 1. The van der Waals surface area contributed by atoms with Crippen LogP contribution in [0.15, 0.2) is 36.4 Å². The maximum Gasteiger partial charge on any atom is 0.325 e. The fraction of sp³-hybridized carbons (Fsp3) is 0.238. The molecule has 0 saturated heterocycles. The van der Waals surface area contributed by atoms with Gasteiger partial charge in [0.15, 0.2) is 6.61 Å². The summed E-state index contributed by atoms with van der Waals surface area (Å²) in [5.41, 5.74) is 0.335. The Morgan fingerprint density at radius 3 is 2.28 bits per heavy atom. The number of methoxy groups -OCH3 is 2. The van der Waals surface area contributed by atoms with Gasteiger partial charge in [-0.1, -0.05) is 23.2 Å². The second-order valence-electron chi connectivity index (χ2n) is 6.23. The Morgan fingerprint density at radius 1 is 0.875 bits per heavy atom. The van der Waals surface area contributed by atoms with Gasteiger partial charge < -0.3 is 24.8 Å². The molecule has 0 aliphatic rings. The number of rotatable bonds is 10. The number of nitrogens with one attached hydrogen (secondary N) is 2. The van der Waals surface area contributed by atoms with Crippen LogP contribution in [0.25, 0.3) is 0 Å². The van der Waals surface area contributed by atoms with Crippen molar-refractivity contribution >= 4 is 46.8 Å². The fourth-order valence-corrected chi connectivity index (χ4v) is 2.96. The molecule has 0 spiro atoms. The van der Waals surface area contributed by atoms with E-state index in [0.29, 0.717) is 16.5 Å². The van der Waals surface area contributed by atoms with Crippen molar-refractivity contribution in [2.24, 2.45) is 0 Å². The molecule has 170 valence electrons. The van der Waals surface area contributed by atoms with Crippen LogP contribution in [0.1, 0.15) is 20.7 Å². The predicted octanol–water partition coefficient (Wildman–Crippen LogP) is 2.28. The van der Waals surface area contributed by atoms with Crippen molar-refractivity contribution < 1.29 is 33.4 Å². The van der Waals surface area contributed by atoms with E-state index in [4.69, 9.17) is 37.4 Å². The van der Waals surface area contributed by atoms with Crippen molar-refractivity contribution in [2.75, 3.05) is 33.9 Å². The van der Waals surface area contributed by atoms with Crippen molar-refractivity contribution in [3.8, 4) is 11.5 Å². The highest BCUT2D eigenvalue weighted by molar-refractivity contribution is 6.36. The Balaban J connectivity index is 1.77. The molecule has 11 heteroatoms. The number of halogens is 2. The number of amides is 2. The lowest BCUT2D eigenvalue weighted by Gasteiger charge is -2.10. The van der Waals surface area contributed by atoms with E-state index in [9.17, 15) is 19.2 Å². The zero-order chi connectivity index (χ0) is 23.7. The van der Waals surface area contributed by atoms with E-state index < -0.39 is 43.3 Å². The van der Waals surface area contributed by atoms with E-state index in [1.165, 1.54) is 38.5 Å². The van der Waals surface area contributed by atoms with Crippen LogP contribution in [0.3, 0.4) is 0 Å². The number of benzene rings is 2. The van der Waals surface area contributed by atoms with E-state index in [0.717, 1.165) is 0 Å². The number of hydrogen-bond acceptors (Lipinski definition) is 7. The first-order chi connectivity index (χ1) is 15.2. The molecular weight excluding hydrogens is 463 g/mol. The molecule has 32 heavy (non-hydrogen) atoms. The standard InChI is InChI=1S/C21H20Cl2N2O7/c1-30-13-4-6-18(31-2)15(8-13)17(26)11-32-20(28)10-24-19(27)9-25-21(29)14-5-3-12(22)7-16(14)23/h3-8H,9-11H2,1-2H3,(H,24,27)(H,25,29). The van der Waals surface area contributed by atoms with Gasteiger partial charge in [-0.15, -0.1) is 0 Å². The first-order valence-electron chi connectivity index (χ1n) is 9.16. The highest BCUT2D eigenvalue weighted by Crippen LogP contribution is 2.24. The van der Waals surface area contributed by atoms with E-state index in [1.54, 1.807) is 12.1 Å². The lowest BCUT2D eigenvalue weighted by molar-refractivity contribution is -0.142. The minimum absolute atomic E-state index is 0.135. The van der Waals surface area contributed by atoms with Gasteiger partial charge in [0.2, 0.25) is 11.7 Å². The molecule has 0 aliphatic heterocycles. The Labute approximate surface area is 193 Å². The van der Waals surface area contributed by atoms with E-state index in [-0.39, 0.29) is 16.1 Å². The number of carbonyl (C=O) groups excluding carboxylic acids is 4. The molecule has 0 heterocycles. The molecule has 9 nitrogen and oxygen atoms in total. The summed E-state index contributed by atoms with van der Waals surface area (Å²) in [5, 5.41) is 5.15. The second kappa shape index (κ2) is 11.9. The molecule has 2 amide bonds. The third kappa shape index (κ3) is 7.14. The monoisotopic (exact) mass is 482 g/mol. The number of ether oxygens (including phenoxy) is 3. The van der Waals surface area contributed by atoms with Crippen LogP contribution in [-0.2, 0) is 14.3 Å². The minimum atomic E-state index is -0.833. The molecule has 0 unspecified atom stereocenters. The third-order valence-electron chi connectivity index (χ3n) is 4.09. The van der Waals surface area contributed by atoms with Gasteiger partial charge in [-0.3, -0.25) is 19.2 Å².